The van der Waals surface area contributed by atoms with E-state index in [1.807, 2.05) is 0 Å². The molecule has 1 amide bonds. The van der Waals surface area contributed by atoms with Crippen molar-refractivity contribution in [2.75, 3.05) is 13.2 Å². The van der Waals surface area contributed by atoms with Crippen molar-refractivity contribution in [1.29, 1.82) is 0 Å². The summed E-state index contributed by atoms with van der Waals surface area (Å²) >= 11 is 0. The molecule has 1 aliphatic heterocycles. The molecular weight excluding hydrogens is 222 g/mol. The molecule has 1 saturated heterocycles. The topological polar surface area (TPSA) is 49.8 Å². The van der Waals surface area contributed by atoms with E-state index in [1.54, 1.807) is 0 Å². The molecule has 0 aromatic rings. The largest absolute Gasteiger partial charge is 0.465 e. The fraction of sp³-hybridized carbons (Fsp3) is 0.909. The van der Waals surface area contributed by atoms with Crippen LogP contribution in [-0.2, 0) is 4.43 Å². The van der Waals surface area contributed by atoms with Crippen LogP contribution in [0.5, 0.6) is 0 Å². The standard InChI is InChI=1S/C11H23NO3Si/c1-11(2,3)16(4,5)15-8-9-6-7-12(9)10(13)14/h9H,6-8H2,1-5H3,(H,13,14). The monoisotopic (exact) mass is 245 g/mol. The summed E-state index contributed by atoms with van der Waals surface area (Å²) in [6.45, 7) is 12.2. The number of carboxylic acid groups (broad SMARTS) is 1. The Labute approximate surface area is 98.7 Å². The Morgan fingerprint density at radius 3 is 2.38 bits per heavy atom. The summed E-state index contributed by atoms with van der Waals surface area (Å²) in [5.41, 5.74) is 0. The lowest BCUT2D eigenvalue weighted by atomic mass is 10.1. The van der Waals surface area contributed by atoms with Crippen molar-refractivity contribution in [2.45, 2.75) is 51.4 Å². The number of nitrogens with zero attached hydrogens (tertiary/aromatic N) is 1. The van der Waals surface area contributed by atoms with E-state index in [1.165, 1.54) is 4.90 Å². The van der Waals surface area contributed by atoms with Gasteiger partial charge in [0.1, 0.15) is 0 Å². The van der Waals surface area contributed by atoms with Crippen molar-refractivity contribution in [3.05, 3.63) is 0 Å². The highest BCUT2D eigenvalue weighted by atomic mass is 28.4. The Morgan fingerprint density at radius 1 is 1.50 bits per heavy atom. The van der Waals surface area contributed by atoms with E-state index in [2.05, 4.69) is 33.9 Å². The minimum atomic E-state index is -1.73. The summed E-state index contributed by atoms with van der Waals surface area (Å²) in [7, 11) is -1.73. The van der Waals surface area contributed by atoms with Gasteiger partial charge in [0.25, 0.3) is 0 Å². The lowest BCUT2D eigenvalue weighted by Gasteiger charge is -2.42. The molecule has 0 saturated carbocycles. The predicted octanol–water partition coefficient (Wildman–Crippen LogP) is 2.76. The van der Waals surface area contributed by atoms with Gasteiger partial charge in [0, 0.05) is 6.54 Å². The molecule has 1 rings (SSSR count). The van der Waals surface area contributed by atoms with Gasteiger partial charge in [-0.05, 0) is 24.6 Å². The number of hydrogen-bond acceptors (Lipinski definition) is 2. The second-order valence-corrected chi connectivity index (χ2v) is 10.8. The molecule has 0 aromatic carbocycles. The van der Waals surface area contributed by atoms with E-state index in [9.17, 15) is 4.79 Å². The van der Waals surface area contributed by atoms with Crippen molar-refractivity contribution in [1.82, 2.24) is 4.90 Å². The molecule has 0 aromatic heterocycles. The second-order valence-electron chi connectivity index (χ2n) is 5.99. The molecule has 5 heteroatoms. The molecule has 1 atom stereocenters. The molecule has 1 unspecified atom stereocenters. The molecule has 0 aliphatic carbocycles. The molecule has 4 nitrogen and oxygen atoms in total. The average Bonchev–Trinajstić information content (AvgIpc) is 1.98. The van der Waals surface area contributed by atoms with E-state index in [0.29, 0.717) is 13.2 Å². The normalized spacial score (nSPS) is 21.8. The summed E-state index contributed by atoms with van der Waals surface area (Å²) in [5.74, 6) is 0. The van der Waals surface area contributed by atoms with E-state index in [4.69, 9.17) is 9.53 Å². The minimum absolute atomic E-state index is 0.0756. The zero-order valence-electron chi connectivity index (χ0n) is 10.9. The third-order valence-electron chi connectivity index (χ3n) is 3.83. The number of carbonyl (C=O) groups is 1. The van der Waals surface area contributed by atoms with Gasteiger partial charge in [-0.3, -0.25) is 0 Å². The lowest BCUT2D eigenvalue weighted by Crippen LogP contribution is -2.55. The molecule has 1 N–H and O–H groups in total. The van der Waals surface area contributed by atoms with E-state index in [0.717, 1.165) is 6.42 Å². The predicted molar refractivity (Wildman–Crippen MR) is 66.3 cm³/mol. The number of hydrogen-bond donors (Lipinski definition) is 1. The van der Waals surface area contributed by atoms with Gasteiger partial charge in [-0.25, -0.2) is 4.79 Å². The Bertz CT molecular complexity index is 273. The van der Waals surface area contributed by atoms with E-state index < -0.39 is 14.4 Å². The molecule has 1 aliphatic rings. The highest BCUT2D eigenvalue weighted by Crippen LogP contribution is 2.37. The van der Waals surface area contributed by atoms with Crippen LogP contribution in [0, 0.1) is 0 Å². The summed E-state index contributed by atoms with van der Waals surface area (Å²) in [6, 6.07) is 0.0756. The van der Waals surface area contributed by atoms with Crippen LogP contribution < -0.4 is 0 Å². The van der Waals surface area contributed by atoms with Gasteiger partial charge >= 0.3 is 6.09 Å². The maximum atomic E-state index is 10.8. The molecule has 0 bridgehead atoms. The van der Waals surface area contributed by atoms with Gasteiger partial charge in [0.2, 0.25) is 0 Å². The SMILES string of the molecule is CC(C)(C)[Si](C)(C)OCC1CCN1C(=O)O. The van der Waals surface area contributed by atoms with Crippen LogP contribution in [0.1, 0.15) is 27.2 Å². The first-order valence-corrected chi connectivity index (χ1v) is 8.69. The van der Waals surface area contributed by atoms with Gasteiger partial charge in [-0.1, -0.05) is 20.8 Å². The third-order valence-corrected chi connectivity index (χ3v) is 8.33. The second kappa shape index (κ2) is 4.37. The maximum Gasteiger partial charge on any atom is 0.407 e. The van der Waals surface area contributed by atoms with Crippen LogP contribution in [0.4, 0.5) is 4.79 Å². The zero-order valence-corrected chi connectivity index (χ0v) is 11.9. The third kappa shape index (κ3) is 2.77. The molecule has 0 radical (unpaired) electrons. The van der Waals surface area contributed by atoms with E-state index >= 15 is 0 Å². The molecule has 1 heterocycles. The fourth-order valence-corrected chi connectivity index (χ4v) is 2.43. The highest BCUT2D eigenvalue weighted by molar-refractivity contribution is 6.74. The Morgan fingerprint density at radius 2 is 2.06 bits per heavy atom. The number of amides is 1. The minimum Gasteiger partial charge on any atom is -0.465 e. The first-order valence-electron chi connectivity index (χ1n) is 5.79. The van der Waals surface area contributed by atoms with Crippen molar-refractivity contribution >= 4 is 14.4 Å². The van der Waals surface area contributed by atoms with Gasteiger partial charge in [-0.15, -0.1) is 0 Å². The van der Waals surface area contributed by atoms with E-state index in [-0.39, 0.29) is 11.1 Å². The van der Waals surface area contributed by atoms with Crippen molar-refractivity contribution in [3.63, 3.8) is 0 Å². The van der Waals surface area contributed by atoms with Gasteiger partial charge in [0.15, 0.2) is 8.32 Å². The first-order chi connectivity index (χ1) is 7.15. The quantitative estimate of drug-likeness (QED) is 0.778. The molecule has 16 heavy (non-hydrogen) atoms. The highest BCUT2D eigenvalue weighted by Gasteiger charge is 2.40. The number of rotatable bonds is 3. The maximum absolute atomic E-state index is 10.8. The zero-order chi connectivity index (χ0) is 12.6. The molecule has 94 valence electrons. The average molecular weight is 245 g/mol. The van der Waals surface area contributed by atoms with Crippen LogP contribution >= 0.6 is 0 Å². The van der Waals surface area contributed by atoms with Crippen LogP contribution in [0.3, 0.4) is 0 Å². The molecular formula is C11H23NO3Si. The Kier molecular flexibility index (Phi) is 3.69. The molecule has 1 fully saturated rings. The van der Waals surface area contributed by atoms with Crippen LogP contribution in [-0.4, -0.2) is 43.6 Å². The van der Waals surface area contributed by atoms with Crippen molar-refractivity contribution < 1.29 is 14.3 Å². The van der Waals surface area contributed by atoms with Gasteiger partial charge in [-0.2, -0.15) is 0 Å². The summed E-state index contributed by atoms with van der Waals surface area (Å²) in [6.07, 6.45) is 0.107. The Hall–Kier alpha value is -0.553. The summed E-state index contributed by atoms with van der Waals surface area (Å²) in [5, 5.41) is 9.06. The molecule has 0 spiro atoms. The van der Waals surface area contributed by atoms with Crippen LogP contribution in [0.15, 0.2) is 0 Å². The van der Waals surface area contributed by atoms with Crippen LogP contribution in [0.25, 0.3) is 0 Å². The first kappa shape index (κ1) is 13.5. The Balaban J connectivity index is 2.44. The lowest BCUT2D eigenvalue weighted by molar-refractivity contribution is 0.0466. The van der Waals surface area contributed by atoms with Gasteiger partial charge < -0.3 is 14.4 Å². The van der Waals surface area contributed by atoms with Gasteiger partial charge in [0.05, 0.1) is 12.6 Å². The number of likely N-dealkylation sites (tertiary alicyclic amines) is 1. The van der Waals surface area contributed by atoms with Crippen LogP contribution in [0.2, 0.25) is 18.1 Å². The summed E-state index contributed by atoms with van der Waals surface area (Å²) in [4.78, 5) is 12.3. The van der Waals surface area contributed by atoms with Crippen molar-refractivity contribution in [2.24, 2.45) is 0 Å². The fourth-order valence-electron chi connectivity index (χ4n) is 1.39. The van der Waals surface area contributed by atoms with Crippen molar-refractivity contribution in [3.8, 4) is 0 Å². The smallest absolute Gasteiger partial charge is 0.407 e. The summed E-state index contributed by atoms with van der Waals surface area (Å²) < 4.78 is 6.01.